The van der Waals surface area contributed by atoms with Crippen molar-refractivity contribution in [2.45, 2.75) is 19.4 Å². The maximum atomic E-state index is 5.26. The van der Waals surface area contributed by atoms with Crippen LogP contribution in [0.4, 0.5) is 0 Å². The summed E-state index contributed by atoms with van der Waals surface area (Å²) >= 11 is 0. The van der Waals surface area contributed by atoms with Crippen LogP contribution >= 0.6 is 0 Å². The Morgan fingerprint density at radius 1 is 2.00 bits per heavy atom. The molecule has 1 rings (SSSR count). The van der Waals surface area contributed by atoms with E-state index in [9.17, 15) is 0 Å². The van der Waals surface area contributed by atoms with Gasteiger partial charge in [-0.15, -0.1) is 0 Å². The molecule has 1 heterocycles. The molecule has 2 heteroatoms. The molecule has 0 aromatic heterocycles. The molecule has 0 radical (unpaired) electrons. The first-order valence-electron chi connectivity index (χ1n) is 2.41. The minimum Gasteiger partial charge on any atom is -0.476 e. The first kappa shape index (κ1) is 4.50. The second-order valence-corrected chi connectivity index (χ2v) is 1.77. The molecule has 1 atom stereocenters. The third-order valence-corrected chi connectivity index (χ3v) is 0.988. The fraction of sp³-hybridized carbons (Fsp3) is 0.600. The zero-order valence-electron chi connectivity index (χ0n) is 4.35. The predicted molar refractivity (Wildman–Crippen MR) is 27.4 cm³/mol. The van der Waals surface area contributed by atoms with Crippen molar-refractivity contribution in [1.29, 1.82) is 0 Å². The van der Waals surface area contributed by atoms with Crippen molar-refractivity contribution in [1.82, 2.24) is 0 Å². The molecule has 2 N–H and O–H groups in total. The molecule has 0 saturated heterocycles. The SMILES string of the molecule is CC1CC=C(N)O1. The highest BCUT2D eigenvalue weighted by atomic mass is 16.5. The van der Waals surface area contributed by atoms with E-state index in [4.69, 9.17) is 10.5 Å². The van der Waals surface area contributed by atoms with Gasteiger partial charge in [0.15, 0.2) is 5.88 Å². The molecule has 0 bridgehead atoms. The molecule has 40 valence electrons. The number of nitrogens with two attached hydrogens (primary N) is 1. The van der Waals surface area contributed by atoms with Gasteiger partial charge in [0.1, 0.15) is 6.10 Å². The molecule has 1 aliphatic heterocycles. The number of rotatable bonds is 0. The van der Waals surface area contributed by atoms with Gasteiger partial charge in [-0.2, -0.15) is 0 Å². The smallest absolute Gasteiger partial charge is 0.180 e. The molecule has 0 spiro atoms. The van der Waals surface area contributed by atoms with Gasteiger partial charge in [0.2, 0.25) is 0 Å². The van der Waals surface area contributed by atoms with Gasteiger partial charge in [-0.25, -0.2) is 0 Å². The van der Waals surface area contributed by atoms with Crippen molar-refractivity contribution in [3.63, 3.8) is 0 Å². The maximum Gasteiger partial charge on any atom is 0.180 e. The lowest BCUT2D eigenvalue weighted by Gasteiger charge is -2.01. The Labute approximate surface area is 43.0 Å². The molecule has 0 amide bonds. The maximum absolute atomic E-state index is 5.26. The molecule has 2 nitrogen and oxygen atoms in total. The molecular formula is C5H9NO. The fourth-order valence-electron chi connectivity index (χ4n) is 0.611. The van der Waals surface area contributed by atoms with Crippen molar-refractivity contribution >= 4 is 0 Å². The Hall–Kier alpha value is -0.660. The lowest BCUT2D eigenvalue weighted by Crippen LogP contribution is -2.03. The Morgan fingerprint density at radius 3 is 2.86 bits per heavy atom. The minimum absolute atomic E-state index is 0.306. The average molecular weight is 99.1 g/mol. The third-order valence-electron chi connectivity index (χ3n) is 0.988. The van der Waals surface area contributed by atoms with Crippen LogP contribution in [0, 0.1) is 0 Å². The molecule has 0 aliphatic carbocycles. The van der Waals surface area contributed by atoms with E-state index in [1.54, 1.807) is 0 Å². The summed E-state index contributed by atoms with van der Waals surface area (Å²) in [7, 11) is 0. The van der Waals surface area contributed by atoms with Crippen LogP contribution in [-0.2, 0) is 4.74 Å². The van der Waals surface area contributed by atoms with E-state index in [1.807, 2.05) is 13.0 Å². The standard InChI is InChI=1S/C5H9NO/c1-4-2-3-5(6)7-4/h3-4H,2,6H2,1H3. The van der Waals surface area contributed by atoms with Crippen LogP contribution in [-0.4, -0.2) is 6.10 Å². The summed E-state index contributed by atoms with van der Waals surface area (Å²) in [6.07, 6.45) is 3.16. The van der Waals surface area contributed by atoms with Crippen molar-refractivity contribution in [3.05, 3.63) is 12.0 Å². The van der Waals surface area contributed by atoms with Gasteiger partial charge in [0, 0.05) is 6.42 Å². The Morgan fingerprint density at radius 2 is 2.71 bits per heavy atom. The van der Waals surface area contributed by atoms with Crippen LogP contribution in [0.25, 0.3) is 0 Å². The minimum atomic E-state index is 0.306. The quantitative estimate of drug-likeness (QED) is 0.482. The molecule has 0 aromatic rings. The molecular weight excluding hydrogens is 90.1 g/mol. The summed E-state index contributed by atoms with van der Waals surface area (Å²) in [5.74, 6) is 0.576. The van der Waals surface area contributed by atoms with E-state index in [0.717, 1.165) is 6.42 Å². The van der Waals surface area contributed by atoms with E-state index in [1.165, 1.54) is 0 Å². The topological polar surface area (TPSA) is 35.2 Å². The van der Waals surface area contributed by atoms with Gasteiger partial charge in [0.25, 0.3) is 0 Å². The van der Waals surface area contributed by atoms with Gasteiger partial charge >= 0.3 is 0 Å². The van der Waals surface area contributed by atoms with Gasteiger partial charge in [-0.05, 0) is 13.0 Å². The van der Waals surface area contributed by atoms with E-state index in [0.29, 0.717) is 12.0 Å². The Kier molecular flexibility index (Phi) is 0.929. The van der Waals surface area contributed by atoms with Gasteiger partial charge in [-0.1, -0.05) is 0 Å². The zero-order chi connectivity index (χ0) is 5.28. The van der Waals surface area contributed by atoms with Crippen LogP contribution in [0.15, 0.2) is 12.0 Å². The zero-order valence-corrected chi connectivity index (χ0v) is 4.35. The molecule has 1 unspecified atom stereocenters. The average Bonchev–Trinajstić information content (AvgIpc) is 1.87. The summed E-state index contributed by atoms with van der Waals surface area (Å²) in [6.45, 7) is 2.00. The molecule has 7 heavy (non-hydrogen) atoms. The van der Waals surface area contributed by atoms with Crippen molar-refractivity contribution in [2.75, 3.05) is 0 Å². The lowest BCUT2D eigenvalue weighted by molar-refractivity contribution is 0.158. The number of hydrogen-bond acceptors (Lipinski definition) is 2. The van der Waals surface area contributed by atoms with Crippen LogP contribution in [0.5, 0.6) is 0 Å². The van der Waals surface area contributed by atoms with Gasteiger partial charge in [-0.3, -0.25) is 0 Å². The van der Waals surface area contributed by atoms with E-state index >= 15 is 0 Å². The highest BCUT2D eigenvalue weighted by Gasteiger charge is 2.07. The Bertz CT molecular complexity index is 98.3. The number of hydrogen-bond donors (Lipinski definition) is 1. The highest BCUT2D eigenvalue weighted by molar-refractivity contribution is 4.94. The monoisotopic (exact) mass is 99.1 g/mol. The van der Waals surface area contributed by atoms with E-state index in [-0.39, 0.29) is 0 Å². The first-order chi connectivity index (χ1) is 3.29. The van der Waals surface area contributed by atoms with Crippen LogP contribution < -0.4 is 5.73 Å². The van der Waals surface area contributed by atoms with Crippen LogP contribution in [0.1, 0.15) is 13.3 Å². The molecule has 1 aliphatic rings. The third kappa shape index (κ3) is 0.856. The van der Waals surface area contributed by atoms with E-state index in [2.05, 4.69) is 0 Å². The lowest BCUT2D eigenvalue weighted by atomic mass is 10.3. The summed E-state index contributed by atoms with van der Waals surface area (Å²) < 4.78 is 5.00. The van der Waals surface area contributed by atoms with E-state index < -0.39 is 0 Å². The summed E-state index contributed by atoms with van der Waals surface area (Å²) in [4.78, 5) is 0. The molecule has 0 aromatic carbocycles. The second kappa shape index (κ2) is 1.45. The van der Waals surface area contributed by atoms with Gasteiger partial charge in [0.05, 0.1) is 0 Å². The molecule has 0 fully saturated rings. The highest BCUT2D eigenvalue weighted by Crippen LogP contribution is 2.10. The van der Waals surface area contributed by atoms with Crippen molar-refractivity contribution in [3.8, 4) is 0 Å². The van der Waals surface area contributed by atoms with Crippen molar-refractivity contribution in [2.24, 2.45) is 5.73 Å². The normalized spacial score (nSPS) is 29.3. The van der Waals surface area contributed by atoms with Gasteiger partial charge < -0.3 is 10.5 Å². The fourth-order valence-corrected chi connectivity index (χ4v) is 0.611. The summed E-state index contributed by atoms with van der Waals surface area (Å²) in [6, 6.07) is 0. The Balaban J connectivity index is 2.42. The number of ether oxygens (including phenoxy) is 1. The summed E-state index contributed by atoms with van der Waals surface area (Å²) in [5.41, 5.74) is 5.26. The van der Waals surface area contributed by atoms with Crippen LogP contribution in [0.2, 0.25) is 0 Å². The summed E-state index contributed by atoms with van der Waals surface area (Å²) in [5, 5.41) is 0. The van der Waals surface area contributed by atoms with Crippen LogP contribution in [0.3, 0.4) is 0 Å². The van der Waals surface area contributed by atoms with Crippen molar-refractivity contribution < 1.29 is 4.74 Å². The largest absolute Gasteiger partial charge is 0.476 e. The predicted octanol–water partition coefficient (Wildman–Crippen LogP) is 0.595. The first-order valence-corrected chi connectivity index (χ1v) is 2.41. The molecule has 0 saturated carbocycles. The second-order valence-electron chi connectivity index (χ2n) is 1.77.